The molecule has 110 valence electrons. The van der Waals surface area contributed by atoms with Crippen molar-refractivity contribution < 1.29 is 4.92 Å². The average Bonchev–Trinajstić information content (AvgIpc) is 2.95. The number of nitrogens with zero attached hydrogens (tertiary/aromatic N) is 4. The normalized spacial score (nSPS) is 19.9. The summed E-state index contributed by atoms with van der Waals surface area (Å²) in [7, 11) is 0. The van der Waals surface area contributed by atoms with Gasteiger partial charge in [0.15, 0.2) is 0 Å². The van der Waals surface area contributed by atoms with E-state index in [-0.39, 0.29) is 11.7 Å². The largest absolute Gasteiger partial charge is 0.356 e. The number of nitrogens with two attached hydrogens (primary N) is 1. The van der Waals surface area contributed by atoms with Gasteiger partial charge >= 0.3 is 0 Å². The fourth-order valence-electron chi connectivity index (χ4n) is 2.81. The van der Waals surface area contributed by atoms with Crippen molar-refractivity contribution in [1.29, 1.82) is 0 Å². The van der Waals surface area contributed by atoms with Gasteiger partial charge in [-0.1, -0.05) is 0 Å². The number of rotatable bonds is 3. The van der Waals surface area contributed by atoms with Crippen LogP contribution < -0.4 is 10.6 Å². The van der Waals surface area contributed by atoms with E-state index in [1.54, 1.807) is 12.1 Å². The zero-order valence-electron chi connectivity index (χ0n) is 11.8. The molecular weight excluding hydrogens is 270 g/mol. The number of benzene rings is 1. The molecule has 2 heterocycles. The summed E-state index contributed by atoms with van der Waals surface area (Å²) in [6, 6.07) is 4.81. The fourth-order valence-corrected chi connectivity index (χ4v) is 2.81. The number of hydrogen-bond donors (Lipinski definition) is 1. The van der Waals surface area contributed by atoms with Crippen LogP contribution in [0.5, 0.6) is 0 Å². The molecule has 0 bridgehead atoms. The lowest BCUT2D eigenvalue weighted by molar-refractivity contribution is -0.384. The third-order valence-corrected chi connectivity index (χ3v) is 4.08. The highest BCUT2D eigenvalue weighted by atomic mass is 16.6. The summed E-state index contributed by atoms with van der Waals surface area (Å²) in [5, 5.41) is 11.7. The lowest BCUT2D eigenvalue weighted by Gasteiger charge is -2.20. The van der Waals surface area contributed by atoms with Crippen molar-refractivity contribution in [2.75, 3.05) is 18.0 Å². The molecule has 0 amide bonds. The zero-order valence-corrected chi connectivity index (χ0v) is 11.8. The minimum Gasteiger partial charge on any atom is -0.356 e. The average molecular weight is 287 g/mol. The van der Waals surface area contributed by atoms with Crippen molar-refractivity contribution in [2.45, 2.75) is 19.4 Å². The van der Waals surface area contributed by atoms with E-state index in [2.05, 4.69) is 14.9 Å². The molecule has 2 unspecified atom stereocenters. The van der Waals surface area contributed by atoms with Gasteiger partial charge in [0.1, 0.15) is 12.1 Å². The van der Waals surface area contributed by atoms with E-state index in [0.29, 0.717) is 5.92 Å². The first-order valence-corrected chi connectivity index (χ1v) is 6.96. The molecule has 2 N–H and O–H groups in total. The first-order valence-electron chi connectivity index (χ1n) is 6.96. The third-order valence-electron chi connectivity index (χ3n) is 4.08. The number of hydrogen-bond acceptors (Lipinski definition) is 6. The molecule has 0 aliphatic carbocycles. The summed E-state index contributed by atoms with van der Waals surface area (Å²) < 4.78 is 0. The van der Waals surface area contributed by atoms with Crippen LogP contribution in [0.3, 0.4) is 0 Å². The Hall–Kier alpha value is -2.28. The number of anilines is 1. The minimum absolute atomic E-state index is 0.0569. The van der Waals surface area contributed by atoms with Crippen LogP contribution in [0.25, 0.3) is 10.9 Å². The lowest BCUT2D eigenvalue weighted by Crippen LogP contribution is -2.30. The Bertz CT molecular complexity index is 688. The first kappa shape index (κ1) is 13.7. The van der Waals surface area contributed by atoms with E-state index in [9.17, 15) is 10.1 Å². The summed E-state index contributed by atoms with van der Waals surface area (Å²) in [5.41, 5.74) is 6.74. The van der Waals surface area contributed by atoms with Crippen LogP contribution in [0.4, 0.5) is 11.5 Å². The van der Waals surface area contributed by atoms with Gasteiger partial charge in [-0.05, 0) is 25.3 Å². The second kappa shape index (κ2) is 5.25. The van der Waals surface area contributed by atoms with Gasteiger partial charge in [0.2, 0.25) is 0 Å². The van der Waals surface area contributed by atoms with Crippen LogP contribution in [0.15, 0.2) is 24.5 Å². The molecule has 1 aliphatic heterocycles. The Balaban J connectivity index is 2.02. The minimum atomic E-state index is -0.398. The van der Waals surface area contributed by atoms with Gasteiger partial charge in [0.25, 0.3) is 5.69 Å². The molecule has 1 fully saturated rings. The zero-order chi connectivity index (χ0) is 15.0. The Morgan fingerprint density at radius 2 is 2.29 bits per heavy atom. The first-order chi connectivity index (χ1) is 10.1. The van der Waals surface area contributed by atoms with Gasteiger partial charge in [0.05, 0.1) is 10.4 Å². The van der Waals surface area contributed by atoms with E-state index in [1.165, 1.54) is 12.4 Å². The Labute approximate surface area is 121 Å². The van der Waals surface area contributed by atoms with Crippen molar-refractivity contribution in [3.05, 3.63) is 34.6 Å². The number of non-ortho nitro benzene ring substituents is 1. The van der Waals surface area contributed by atoms with E-state index in [1.807, 2.05) is 6.92 Å². The number of aromatic nitrogens is 2. The number of fused-ring (bicyclic) bond motifs is 1. The molecule has 7 nitrogen and oxygen atoms in total. The van der Waals surface area contributed by atoms with Gasteiger partial charge in [-0.3, -0.25) is 10.1 Å². The maximum Gasteiger partial charge on any atom is 0.270 e. The Morgan fingerprint density at radius 1 is 1.48 bits per heavy atom. The molecule has 1 aromatic carbocycles. The quantitative estimate of drug-likeness (QED) is 0.681. The Kier molecular flexibility index (Phi) is 3.42. The van der Waals surface area contributed by atoms with Crippen LogP contribution in [-0.4, -0.2) is 34.0 Å². The molecule has 2 aromatic rings. The standard InChI is InChI=1S/C14H17N5O2/c1-9(15)10-4-5-18(7-10)14-12-6-11(19(20)21)2-3-13(12)16-8-17-14/h2-3,6,8-10H,4-5,7,15H2,1H3. The highest BCUT2D eigenvalue weighted by Gasteiger charge is 2.27. The third kappa shape index (κ3) is 2.52. The summed E-state index contributed by atoms with van der Waals surface area (Å²) in [6.07, 6.45) is 2.51. The van der Waals surface area contributed by atoms with E-state index in [0.717, 1.165) is 36.2 Å². The fraction of sp³-hybridized carbons (Fsp3) is 0.429. The van der Waals surface area contributed by atoms with Crippen molar-refractivity contribution >= 4 is 22.4 Å². The molecule has 7 heteroatoms. The monoisotopic (exact) mass is 287 g/mol. The molecular formula is C14H17N5O2. The van der Waals surface area contributed by atoms with E-state index >= 15 is 0 Å². The molecule has 1 aromatic heterocycles. The summed E-state index contributed by atoms with van der Waals surface area (Å²) in [5.74, 6) is 1.18. The maximum atomic E-state index is 11.0. The molecule has 2 atom stereocenters. The SMILES string of the molecule is CC(N)C1CCN(c2ncnc3ccc([N+](=O)[O-])cc23)C1. The number of nitro groups is 1. The van der Waals surface area contributed by atoms with Gasteiger partial charge in [0, 0.05) is 36.7 Å². The predicted molar refractivity (Wildman–Crippen MR) is 80.2 cm³/mol. The molecule has 21 heavy (non-hydrogen) atoms. The predicted octanol–water partition coefficient (Wildman–Crippen LogP) is 1.71. The molecule has 1 saturated heterocycles. The maximum absolute atomic E-state index is 11.0. The van der Waals surface area contributed by atoms with Crippen LogP contribution in [-0.2, 0) is 0 Å². The lowest BCUT2D eigenvalue weighted by atomic mass is 10.0. The highest BCUT2D eigenvalue weighted by Crippen LogP contribution is 2.30. The van der Waals surface area contributed by atoms with Crippen molar-refractivity contribution in [3.8, 4) is 0 Å². The Morgan fingerprint density at radius 3 is 2.95 bits per heavy atom. The summed E-state index contributed by atoms with van der Waals surface area (Å²) in [6.45, 7) is 3.70. The van der Waals surface area contributed by atoms with Crippen LogP contribution >= 0.6 is 0 Å². The summed E-state index contributed by atoms with van der Waals surface area (Å²) in [4.78, 5) is 21.2. The van der Waals surface area contributed by atoms with Gasteiger partial charge in [-0.15, -0.1) is 0 Å². The van der Waals surface area contributed by atoms with E-state index in [4.69, 9.17) is 5.73 Å². The van der Waals surface area contributed by atoms with Gasteiger partial charge < -0.3 is 10.6 Å². The second-order valence-electron chi connectivity index (χ2n) is 5.51. The van der Waals surface area contributed by atoms with Crippen molar-refractivity contribution in [3.63, 3.8) is 0 Å². The molecule has 1 aliphatic rings. The summed E-state index contributed by atoms with van der Waals surface area (Å²) >= 11 is 0. The smallest absolute Gasteiger partial charge is 0.270 e. The van der Waals surface area contributed by atoms with Gasteiger partial charge in [-0.2, -0.15) is 0 Å². The molecule has 0 spiro atoms. The number of nitro benzene ring substituents is 1. The van der Waals surface area contributed by atoms with Crippen LogP contribution in [0.1, 0.15) is 13.3 Å². The van der Waals surface area contributed by atoms with E-state index < -0.39 is 4.92 Å². The topological polar surface area (TPSA) is 98.2 Å². The molecule has 0 saturated carbocycles. The van der Waals surface area contributed by atoms with Crippen LogP contribution in [0.2, 0.25) is 0 Å². The second-order valence-corrected chi connectivity index (χ2v) is 5.51. The van der Waals surface area contributed by atoms with Crippen molar-refractivity contribution in [1.82, 2.24) is 9.97 Å². The molecule has 0 radical (unpaired) electrons. The van der Waals surface area contributed by atoms with Crippen LogP contribution in [0, 0.1) is 16.0 Å². The van der Waals surface area contributed by atoms with Gasteiger partial charge in [-0.25, -0.2) is 9.97 Å². The highest BCUT2D eigenvalue weighted by molar-refractivity contribution is 5.91. The molecule has 3 rings (SSSR count). The van der Waals surface area contributed by atoms with Crippen molar-refractivity contribution in [2.24, 2.45) is 11.7 Å².